The monoisotopic (exact) mass is 365 g/mol. The number of amides is 1. The summed E-state index contributed by atoms with van der Waals surface area (Å²) in [5.41, 5.74) is 0.695. The molecular weight excluding hydrogens is 346 g/mol. The Morgan fingerprint density at radius 3 is 2.40 bits per heavy atom. The summed E-state index contributed by atoms with van der Waals surface area (Å²) in [6.07, 6.45) is 0. The van der Waals surface area contributed by atoms with Gasteiger partial charge in [-0.1, -0.05) is 17.7 Å². The molecule has 1 aromatic carbocycles. The van der Waals surface area contributed by atoms with Gasteiger partial charge in [-0.25, -0.2) is 8.42 Å². The number of anilines is 1. The number of rotatable bonds is 5. The number of nitrogens with one attached hydrogen (secondary N) is 1. The van der Waals surface area contributed by atoms with Crippen molar-refractivity contribution in [1.82, 2.24) is 9.88 Å². The molecule has 2 rings (SSSR count). The zero-order chi connectivity index (χ0) is 18.7. The fourth-order valence-electron chi connectivity index (χ4n) is 2.38. The van der Waals surface area contributed by atoms with Gasteiger partial charge < -0.3 is 15.0 Å². The lowest BCUT2D eigenvalue weighted by Gasteiger charge is -2.21. The molecule has 1 heterocycles. The highest BCUT2D eigenvalue weighted by atomic mass is 32.2. The highest BCUT2D eigenvalue weighted by Crippen LogP contribution is 2.20. The van der Waals surface area contributed by atoms with Crippen molar-refractivity contribution in [3.05, 3.63) is 57.5 Å². The Kier molecular flexibility index (Phi) is 5.48. The van der Waals surface area contributed by atoms with E-state index in [0.29, 0.717) is 5.69 Å². The summed E-state index contributed by atoms with van der Waals surface area (Å²) in [6, 6.07) is 7.96. The van der Waals surface area contributed by atoms with Crippen molar-refractivity contribution in [2.75, 3.05) is 11.4 Å². The summed E-state index contributed by atoms with van der Waals surface area (Å²) < 4.78 is 25.7. The van der Waals surface area contributed by atoms with Gasteiger partial charge in [-0.3, -0.25) is 13.9 Å². The summed E-state index contributed by atoms with van der Waals surface area (Å²) in [4.78, 5) is 23.9. The molecule has 1 aromatic heterocycles. The van der Waals surface area contributed by atoms with Gasteiger partial charge in [0.2, 0.25) is 16.3 Å². The van der Waals surface area contributed by atoms with E-state index in [9.17, 15) is 23.1 Å². The van der Waals surface area contributed by atoms with Crippen LogP contribution in [-0.2, 0) is 24.5 Å². The third kappa shape index (κ3) is 3.82. The van der Waals surface area contributed by atoms with Crippen LogP contribution >= 0.6 is 0 Å². The van der Waals surface area contributed by atoms with Gasteiger partial charge in [0.25, 0.3) is 5.91 Å². The molecular formula is C16H19N3O5S. The van der Waals surface area contributed by atoms with Crippen LogP contribution in [0.25, 0.3) is 0 Å². The molecule has 0 unspecified atom stereocenters. The third-order valence-electron chi connectivity index (χ3n) is 3.80. The minimum Gasteiger partial charge on any atom is -0.503 e. The molecule has 0 aliphatic heterocycles. The normalized spacial score (nSPS) is 10.7. The number of carbonyl (C=O) groups is 1. The van der Waals surface area contributed by atoms with Gasteiger partial charge >= 0.3 is 0 Å². The van der Waals surface area contributed by atoms with Crippen LogP contribution in [0.3, 0.4) is 0 Å². The molecule has 9 heteroatoms. The first-order chi connectivity index (χ1) is 11.8. The molecule has 2 N–H and O–H groups in total. The van der Waals surface area contributed by atoms with E-state index in [1.54, 1.807) is 24.3 Å². The van der Waals surface area contributed by atoms with E-state index in [4.69, 9.17) is 0 Å². The van der Waals surface area contributed by atoms with Crippen molar-refractivity contribution in [2.24, 2.45) is 7.05 Å². The van der Waals surface area contributed by atoms with Crippen molar-refractivity contribution in [3.63, 3.8) is 0 Å². The molecule has 134 valence electrons. The van der Waals surface area contributed by atoms with Gasteiger partial charge in [-0.2, -0.15) is 0 Å². The molecule has 1 amide bonds. The largest absolute Gasteiger partial charge is 0.503 e. The number of aromatic nitrogens is 1. The second-order valence-electron chi connectivity index (χ2n) is 5.47. The highest BCUT2D eigenvalue weighted by Gasteiger charge is 2.20. The molecule has 0 atom stereocenters. The second kappa shape index (κ2) is 7.39. The maximum atomic E-state index is 12.0. The number of thiol groups is 1. The highest BCUT2D eigenvalue weighted by molar-refractivity contribution is 7.74. The molecule has 0 fully saturated rings. The molecule has 0 radical (unpaired) electrons. The number of nitrogens with zero attached hydrogens (tertiary/aromatic N) is 2. The maximum Gasteiger partial charge on any atom is 0.271 e. The molecule has 0 saturated carbocycles. The first-order valence-electron chi connectivity index (χ1n) is 7.38. The second-order valence-corrected chi connectivity index (χ2v) is 6.42. The van der Waals surface area contributed by atoms with Crippen LogP contribution in [0.1, 0.15) is 21.7 Å². The maximum absolute atomic E-state index is 12.0. The number of aromatic hydroxyl groups is 1. The van der Waals surface area contributed by atoms with E-state index in [2.05, 4.69) is 5.32 Å². The zero-order valence-corrected chi connectivity index (χ0v) is 14.9. The topological polar surface area (TPSA) is 109 Å². The molecule has 0 aliphatic rings. The van der Waals surface area contributed by atoms with Crippen LogP contribution in [0.5, 0.6) is 5.75 Å². The van der Waals surface area contributed by atoms with Crippen molar-refractivity contribution in [1.29, 1.82) is 0 Å². The lowest BCUT2D eigenvalue weighted by atomic mass is 10.2. The number of aryl methyl sites for hydroxylation is 1. The number of benzene rings is 1. The predicted molar refractivity (Wildman–Crippen MR) is 94.4 cm³/mol. The van der Waals surface area contributed by atoms with E-state index in [0.717, 1.165) is 15.9 Å². The smallest absolute Gasteiger partial charge is 0.271 e. The predicted octanol–water partition coefficient (Wildman–Crippen LogP) is 0.292. The fourth-order valence-corrected chi connectivity index (χ4v) is 2.96. The van der Waals surface area contributed by atoms with Crippen molar-refractivity contribution < 1.29 is 18.3 Å². The van der Waals surface area contributed by atoms with Crippen LogP contribution in [0, 0.1) is 6.92 Å². The number of carbonyl (C=O) groups excluding carboxylic acids is 1. The standard InChI is InChI=1S/C16H19N3O5S/c1-10-4-6-11(7-5-10)19(25(23)24)9-12-8-13(20)15(21)14(18(12)3)16(22)17-2/h4-8,21,25H,9H2,1-3H3,(H,17,22). The Labute approximate surface area is 146 Å². The van der Waals surface area contributed by atoms with Crippen LogP contribution in [0.4, 0.5) is 5.69 Å². The zero-order valence-electron chi connectivity index (χ0n) is 14.0. The van der Waals surface area contributed by atoms with Crippen LogP contribution in [0.15, 0.2) is 35.1 Å². The molecule has 0 saturated heterocycles. The fraction of sp³-hybridized carbons (Fsp3) is 0.250. The Morgan fingerprint density at radius 2 is 1.88 bits per heavy atom. The van der Waals surface area contributed by atoms with Crippen LogP contribution in [0.2, 0.25) is 0 Å². The first-order valence-corrected chi connectivity index (χ1v) is 8.51. The van der Waals surface area contributed by atoms with E-state index in [1.165, 1.54) is 18.7 Å². The van der Waals surface area contributed by atoms with E-state index in [1.807, 2.05) is 6.92 Å². The summed E-state index contributed by atoms with van der Waals surface area (Å²) >= 11 is 0. The Bertz CT molecular complexity index is 924. The molecule has 0 spiro atoms. The van der Waals surface area contributed by atoms with Crippen LogP contribution < -0.4 is 15.1 Å². The Balaban J connectivity index is 2.54. The summed E-state index contributed by atoms with van der Waals surface area (Å²) in [6.45, 7) is 1.72. The van der Waals surface area contributed by atoms with Gasteiger partial charge in [0, 0.05) is 25.9 Å². The molecule has 0 bridgehead atoms. The SMILES string of the molecule is CNC(=O)c1c(O)c(=O)cc(CN(c2ccc(C)cc2)[SH](=O)=O)n1C. The Hall–Kier alpha value is -2.81. The van der Waals surface area contributed by atoms with Gasteiger partial charge in [-0.05, 0) is 19.1 Å². The molecule has 25 heavy (non-hydrogen) atoms. The van der Waals surface area contributed by atoms with E-state index < -0.39 is 28.0 Å². The summed E-state index contributed by atoms with van der Waals surface area (Å²) in [5, 5.41) is 12.2. The van der Waals surface area contributed by atoms with Crippen molar-refractivity contribution in [2.45, 2.75) is 13.5 Å². The average Bonchev–Trinajstić information content (AvgIpc) is 2.57. The lowest BCUT2D eigenvalue weighted by Crippen LogP contribution is -2.29. The molecule has 8 nitrogen and oxygen atoms in total. The lowest BCUT2D eigenvalue weighted by molar-refractivity contribution is 0.0950. The van der Waals surface area contributed by atoms with Gasteiger partial charge in [0.15, 0.2) is 11.4 Å². The molecule has 2 aromatic rings. The van der Waals surface area contributed by atoms with Crippen molar-refractivity contribution in [3.8, 4) is 5.75 Å². The van der Waals surface area contributed by atoms with Crippen molar-refractivity contribution >= 4 is 22.5 Å². The number of hydrogen-bond donors (Lipinski definition) is 3. The third-order valence-corrected chi connectivity index (χ3v) is 4.57. The quantitative estimate of drug-likeness (QED) is 0.660. The minimum atomic E-state index is -2.98. The van der Waals surface area contributed by atoms with Gasteiger partial charge in [-0.15, -0.1) is 0 Å². The number of hydrogen-bond acceptors (Lipinski definition) is 5. The Morgan fingerprint density at radius 1 is 1.28 bits per heavy atom. The van der Waals surface area contributed by atoms with Gasteiger partial charge in [0.1, 0.15) is 0 Å². The van der Waals surface area contributed by atoms with Crippen LogP contribution in [-0.4, -0.2) is 31.0 Å². The molecule has 0 aliphatic carbocycles. The first kappa shape index (κ1) is 18.5. The average molecular weight is 365 g/mol. The summed E-state index contributed by atoms with van der Waals surface area (Å²) in [5.74, 6) is -1.33. The number of pyridine rings is 1. The van der Waals surface area contributed by atoms with Gasteiger partial charge in [0.05, 0.1) is 12.2 Å². The summed E-state index contributed by atoms with van der Waals surface area (Å²) in [7, 11) is -0.133. The van der Waals surface area contributed by atoms with E-state index >= 15 is 0 Å². The van der Waals surface area contributed by atoms with E-state index in [-0.39, 0.29) is 17.9 Å². The minimum absolute atomic E-state index is 0.155.